The lowest BCUT2D eigenvalue weighted by atomic mass is 9.92. The fourth-order valence-electron chi connectivity index (χ4n) is 1.52. The zero-order valence-corrected chi connectivity index (χ0v) is 10.1. The van der Waals surface area contributed by atoms with Gasteiger partial charge in [-0.05, 0) is 17.7 Å². The van der Waals surface area contributed by atoms with Crippen LogP contribution in [0.4, 0.5) is 0 Å². The number of carboxylic acid groups (broad SMARTS) is 1. The predicted octanol–water partition coefficient (Wildman–Crippen LogP) is 1.88. The van der Waals surface area contributed by atoms with Crippen LogP contribution >= 0.6 is 15.9 Å². The second-order valence-electron chi connectivity index (χ2n) is 3.52. The van der Waals surface area contributed by atoms with Crippen LogP contribution in [0.5, 0.6) is 0 Å². The molecule has 0 saturated heterocycles. The largest absolute Gasteiger partial charge is 0.481 e. The number of hydrogen-bond donors (Lipinski definition) is 2. The van der Waals surface area contributed by atoms with Crippen molar-refractivity contribution in [2.75, 3.05) is 0 Å². The third-order valence-electron chi connectivity index (χ3n) is 2.19. The highest BCUT2D eigenvalue weighted by Crippen LogP contribution is 2.25. The second-order valence-corrected chi connectivity index (χ2v) is 4.44. The molecule has 0 aromatic heterocycles. The molecule has 1 atom stereocenters. The minimum absolute atomic E-state index is 0.0444. The van der Waals surface area contributed by atoms with E-state index >= 15 is 0 Å². The summed E-state index contributed by atoms with van der Waals surface area (Å²) in [6.07, 6.45) is -0.0534. The predicted molar refractivity (Wildman–Crippen MR) is 62.9 cm³/mol. The summed E-state index contributed by atoms with van der Waals surface area (Å²) in [5.74, 6) is -1.80. The Morgan fingerprint density at radius 2 is 2.06 bits per heavy atom. The molecule has 0 radical (unpaired) electrons. The number of amides is 1. The van der Waals surface area contributed by atoms with Crippen LogP contribution in [-0.2, 0) is 9.59 Å². The fourth-order valence-corrected chi connectivity index (χ4v) is 1.94. The number of benzene rings is 1. The number of halogens is 1. The first kappa shape index (κ1) is 12.7. The lowest BCUT2D eigenvalue weighted by Crippen LogP contribution is -2.17. The van der Waals surface area contributed by atoms with Crippen molar-refractivity contribution in [3.63, 3.8) is 0 Å². The third kappa shape index (κ3) is 4.02. The minimum Gasteiger partial charge on any atom is -0.481 e. The van der Waals surface area contributed by atoms with Gasteiger partial charge < -0.3 is 10.8 Å². The lowest BCUT2D eigenvalue weighted by Gasteiger charge is -2.13. The Morgan fingerprint density at radius 3 is 2.56 bits per heavy atom. The number of aliphatic carboxylic acids is 1. The van der Waals surface area contributed by atoms with E-state index in [0.29, 0.717) is 0 Å². The average Bonchev–Trinajstić information content (AvgIpc) is 2.15. The van der Waals surface area contributed by atoms with Crippen LogP contribution in [0.3, 0.4) is 0 Å². The molecule has 1 rings (SSSR count). The van der Waals surface area contributed by atoms with Gasteiger partial charge in [-0.1, -0.05) is 28.1 Å². The Balaban J connectivity index is 2.90. The summed E-state index contributed by atoms with van der Waals surface area (Å²) >= 11 is 3.30. The summed E-state index contributed by atoms with van der Waals surface area (Å²) in [5, 5.41) is 8.76. The summed E-state index contributed by atoms with van der Waals surface area (Å²) in [4.78, 5) is 21.6. The zero-order chi connectivity index (χ0) is 12.1. The van der Waals surface area contributed by atoms with E-state index in [1.54, 1.807) is 18.2 Å². The fraction of sp³-hybridized carbons (Fsp3) is 0.273. The van der Waals surface area contributed by atoms with Gasteiger partial charge in [-0.3, -0.25) is 9.59 Å². The van der Waals surface area contributed by atoms with Gasteiger partial charge in [-0.15, -0.1) is 0 Å². The third-order valence-corrected chi connectivity index (χ3v) is 2.68. The molecule has 1 amide bonds. The van der Waals surface area contributed by atoms with E-state index in [0.717, 1.165) is 10.0 Å². The van der Waals surface area contributed by atoms with Gasteiger partial charge in [-0.2, -0.15) is 0 Å². The van der Waals surface area contributed by atoms with Crippen LogP contribution in [0.15, 0.2) is 28.7 Å². The maximum atomic E-state index is 10.9. The molecule has 16 heavy (non-hydrogen) atoms. The van der Waals surface area contributed by atoms with E-state index in [-0.39, 0.29) is 18.8 Å². The van der Waals surface area contributed by atoms with Gasteiger partial charge in [0.2, 0.25) is 5.91 Å². The van der Waals surface area contributed by atoms with Crippen molar-refractivity contribution in [2.45, 2.75) is 18.8 Å². The van der Waals surface area contributed by atoms with Crippen LogP contribution < -0.4 is 5.73 Å². The number of carboxylic acids is 1. The van der Waals surface area contributed by atoms with Gasteiger partial charge in [0.1, 0.15) is 0 Å². The van der Waals surface area contributed by atoms with Crippen molar-refractivity contribution in [3.05, 3.63) is 34.3 Å². The number of hydrogen-bond acceptors (Lipinski definition) is 2. The molecule has 0 saturated carbocycles. The Morgan fingerprint density at radius 1 is 1.38 bits per heavy atom. The standard InChI is InChI=1S/C11H12BrNO3/c12-9-3-1-2-7(4-9)8(5-10(13)14)6-11(15)16/h1-4,8H,5-6H2,(H2,13,14)(H,15,16)/t8-/m0/s1. The first-order valence-electron chi connectivity index (χ1n) is 4.74. The molecule has 3 N–H and O–H groups in total. The number of carbonyl (C=O) groups is 2. The van der Waals surface area contributed by atoms with Crippen LogP contribution in [0.2, 0.25) is 0 Å². The highest BCUT2D eigenvalue weighted by molar-refractivity contribution is 9.10. The molecule has 1 aromatic rings. The molecule has 0 bridgehead atoms. The monoisotopic (exact) mass is 285 g/mol. The summed E-state index contributed by atoms with van der Waals surface area (Å²) in [6.45, 7) is 0. The first-order chi connectivity index (χ1) is 7.49. The quantitative estimate of drug-likeness (QED) is 0.867. The second kappa shape index (κ2) is 5.65. The molecule has 86 valence electrons. The summed E-state index contributed by atoms with van der Waals surface area (Å²) < 4.78 is 0.852. The van der Waals surface area contributed by atoms with Crippen LogP contribution in [0.1, 0.15) is 24.3 Å². The average molecular weight is 286 g/mol. The van der Waals surface area contributed by atoms with Crippen molar-refractivity contribution in [3.8, 4) is 0 Å². The van der Waals surface area contributed by atoms with Crippen molar-refractivity contribution >= 4 is 27.8 Å². The summed E-state index contributed by atoms with van der Waals surface area (Å²) in [7, 11) is 0. The van der Waals surface area contributed by atoms with Gasteiger partial charge in [0.25, 0.3) is 0 Å². The minimum atomic E-state index is -0.939. The Bertz CT molecular complexity index is 390. The maximum absolute atomic E-state index is 10.9. The van der Waals surface area contributed by atoms with E-state index in [9.17, 15) is 9.59 Å². The van der Waals surface area contributed by atoms with E-state index in [1.165, 1.54) is 0 Å². The van der Waals surface area contributed by atoms with Gasteiger partial charge in [0.05, 0.1) is 6.42 Å². The Labute approximate surface area is 102 Å². The first-order valence-corrected chi connectivity index (χ1v) is 5.54. The summed E-state index contributed by atoms with van der Waals surface area (Å²) in [6, 6.07) is 7.23. The van der Waals surface area contributed by atoms with Gasteiger partial charge >= 0.3 is 5.97 Å². The van der Waals surface area contributed by atoms with Gasteiger partial charge in [-0.25, -0.2) is 0 Å². The van der Waals surface area contributed by atoms with Gasteiger partial charge in [0, 0.05) is 16.8 Å². The van der Waals surface area contributed by atoms with E-state index in [2.05, 4.69) is 15.9 Å². The molecule has 0 heterocycles. The van der Waals surface area contributed by atoms with Crippen LogP contribution in [-0.4, -0.2) is 17.0 Å². The van der Waals surface area contributed by atoms with Crippen LogP contribution in [0.25, 0.3) is 0 Å². The molecular formula is C11H12BrNO3. The molecule has 0 aliphatic heterocycles. The summed E-state index contributed by atoms with van der Waals surface area (Å²) in [5.41, 5.74) is 5.90. The molecule has 0 aliphatic carbocycles. The highest BCUT2D eigenvalue weighted by atomic mass is 79.9. The topological polar surface area (TPSA) is 80.4 Å². The Kier molecular flexibility index (Phi) is 4.49. The molecule has 0 fully saturated rings. The van der Waals surface area contributed by atoms with Crippen LogP contribution in [0, 0.1) is 0 Å². The smallest absolute Gasteiger partial charge is 0.303 e. The van der Waals surface area contributed by atoms with E-state index in [1.807, 2.05) is 6.07 Å². The highest BCUT2D eigenvalue weighted by Gasteiger charge is 2.18. The Hall–Kier alpha value is -1.36. The molecule has 0 spiro atoms. The zero-order valence-electron chi connectivity index (χ0n) is 8.52. The number of nitrogens with two attached hydrogens (primary N) is 1. The maximum Gasteiger partial charge on any atom is 0.303 e. The number of primary amides is 1. The normalized spacial score (nSPS) is 12.1. The van der Waals surface area contributed by atoms with E-state index < -0.39 is 11.9 Å². The molecule has 5 heteroatoms. The van der Waals surface area contributed by atoms with Gasteiger partial charge in [0.15, 0.2) is 0 Å². The molecular weight excluding hydrogens is 274 g/mol. The molecule has 0 aliphatic rings. The number of carbonyl (C=O) groups excluding carboxylic acids is 1. The van der Waals surface area contributed by atoms with Crippen molar-refractivity contribution in [2.24, 2.45) is 5.73 Å². The molecule has 4 nitrogen and oxygen atoms in total. The number of rotatable bonds is 5. The van der Waals surface area contributed by atoms with E-state index in [4.69, 9.17) is 10.8 Å². The molecule has 0 unspecified atom stereocenters. The molecule has 1 aromatic carbocycles. The SMILES string of the molecule is NC(=O)C[C@@H](CC(=O)O)c1cccc(Br)c1. The van der Waals surface area contributed by atoms with Crippen molar-refractivity contribution in [1.82, 2.24) is 0 Å². The lowest BCUT2D eigenvalue weighted by molar-refractivity contribution is -0.137. The van der Waals surface area contributed by atoms with Crippen molar-refractivity contribution in [1.29, 1.82) is 0 Å². The van der Waals surface area contributed by atoms with Crippen molar-refractivity contribution < 1.29 is 14.7 Å².